The van der Waals surface area contributed by atoms with Crippen molar-refractivity contribution >= 4 is 50.5 Å². The second kappa shape index (κ2) is 8.67. The van der Waals surface area contributed by atoms with Crippen LogP contribution in [0.15, 0.2) is 53.4 Å². The first kappa shape index (κ1) is 22.1. The van der Waals surface area contributed by atoms with Gasteiger partial charge in [0.15, 0.2) is 0 Å². The lowest BCUT2D eigenvalue weighted by atomic mass is 10.2. The second-order valence-corrected chi connectivity index (χ2v) is 9.32. The van der Waals surface area contributed by atoms with Crippen LogP contribution < -0.4 is 10.0 Å². The number of rotatable bonds is 6. The van der Waals surface area contributed by atoms with Crippen molar-refractivity contribution in [2.75, 3.05) is 10.0 Å². The summed E-state index contributed by atoms with van der Waals surface area (Å²) < 4.78 is 29.1. The van der Waals surface area contributed by atoms with E-state index in [9.17, 15) is 13.2 Å². The third-order valence-electron chi connectivity index (χ3n) is 4.39. The van der Waals surface area contributed by atoms with E-state index in [1.165, 1.54) is 42.5 Å². The highest BCUT2D eigenvalue weighted by Gasteiger charge is 2.20. The predicted octanol–water partition coefficient (Wildman–Crippen LogP) is 4.81. The standard InChI is InChI=1S/C20H20Cl2N4O3S/c1-12-10-13(2)26(24-12)14(3)20(27)23-19-9-6-16(11-18(19)22)25-30(28,29)17-7-4-15(21)5-8-17/h4-11,14,25H,1-3H3,(H,23,27). The molecule has 7 nitrogen and oxygen atoms in total. The van der Waals surface area contributed by atoms with Gasteiger partial charge in [0, 0.05) is 10.7 Å². The first-order valence-electron chi connectivity index (χ1n) is 8.98. The number of carbonyl (C=O) groups excluding carboxylic acids is 1. The average Bonchev–Trinajstić information content (AvgIpc) is 3.01. The highest BCUT2D eigenvalue weighted by molar-refractivity contribution is 7.92. The predicted molar refractivity (Wildman–Crippen MR) is 119 cm³/mol. The molecule has 0 saturated carbocycles. The highest BCUT2D eigenvalue weighted by atomic mass is 35.5. The van der Waals surface area contributed by atoms with Gasteiger partial charge in [0.05, 0.1) is 27.0 Å². The number of nitrogens with one attached hydrogen (secondary N) is 2. The maximum Gasteiger partial charge on any atom is 0.261 e. The summed E-state index contributed by atoms with van der Waals surface area (Å²) in [7, 11) is -3.80. The summed E-state index contributed by atoms with van der Waals surface area (Å²) in [4.78, 5) is 12.7. The van der Waals surface area contributed by atoms with E-state index in [2.05, 4.69) is 15.1 Å². The maximum atomic E-state index is 12.6. The minimum absolute atomic E-state index is 0.0686. The van der Waals surface area contributed by atoms with E-state index in [0.717, 1.165) is 11.4 Å². The number of halogens is 2. The molecular formula is C20H20Cl2N4O3S. The Bertz CT molecular complexity index is 1190. The summed E-state index contributed by atoms with van der Waals surface area (Å²) in [5.74, 6) is -0.294. The molecular weight excluding hydrogens is 447 g/mol. The Labute approximate surface area is 185 Å². The van der Waals surface area contributed by atoms with Crippen molar-refractivity contribution in [2.24, 2.45) is 0 Å². The molecule has 2 N–H and O–H groups in total. The van der Waals surface area contributed by atoms with E-state index in [4.69, 9.17) is 23.2 Å². The number of carbonyl (C=O) groups is 1. The molecule has 3 rings (SSSR count). The minimum atomic E-state index is -3.80. The summed E-state index contributed by atoms with van der Waals surface area (Å²) in [5.41, 5.74) is 2.32. The van der Waals surface area contributed by atoms with Crippen molar-refractivity contribution in [1.29, 1.82) is 0 Å². The number of anilines is 2. The van der Waals surface area contributed by atoms with Crippen LogP contribution in [0.2, 0.25) is 10.0 Å². The molecule has 10 heteroatoms. The zero-order valence-corrected chi connectivity index (χ0v) is 18.8. The van der Waals surface area contributed by atoms with E-state index >= 15 is 0 Å². The first-order valence-corrected chi connectivity index (χ1v) is 11.2. The lowest BCUT2D eigenvalue weighted by Gasteiger charge is -2.16. The van der Waals surface area contributed by atoms with Crippen LogP contribution in [-0.2, 0) is 14.8 Å². The molecule has 1 atom stereocenters. The number of sulfonamides is 1. The molecule has 30 heavy (non-hydrogen) atoms. The van der Waals surface area contributed by atoms with Crippen molar-refractivity contribution in [3.05, 3.63) is 70.0 Å². The molecule has 158 valence electrons. The van der Waals surface area contributed by atoms with Crippen LogP contribution in [0, 0.1) is 13.8 Å². The van der Waals surface area contributed by atoms with Gasteiger partial charge in [-0.2, -0.15) is 5.10 Å². The summed E-state index contributed by atoms with van der Waals surface area (Å²) in [5, 5.41) is 7.70. The third kappa shape index (κ3) is 4.95. The molecule has 2 aromatic carbocycles. The summed E-state index contributed by atoms with van der Waals surface area (Å²) in [6.07, 6.45) is 0. The van der Waals surface area contributed by atoms with Crippen molar-refractivity contribution < 1.29 is 13.2 Å². The fourth-order valence-electron chi connectivity index (χ4n) is 2.89. The normalized spacial score (nSPS) is 12.4. The number of amides is 1. The fourth-order valence-corrected chi connectivity index (χ4v) is 4.30. The number of aryl methyl sites for hydroxylation is 2. The molecule has 1 amide bonds. The molecule has 0 bridgehead atoms. The first-order chi connectivity index (χ1) is 14.1. The van der Waals surface area contributed by atoms with Gasteiger partial charge >= 0.3 is 0 Å². The maximum absolute atomic E-state index is 12.6. The quantitative estimate of drug-likeness (QED) is 0.544. The lowest BCUT2D eigenvalue weighted by Crippen LogP contribution is -2.25. The third-order valence-corrected chi connectivity index (χ3v) is 6.36. The van der Waals surface area contributed by atoms with Crippen LogP contribution in [0.25, 0.3) is 0 Å². The Kier molecular flexibility index (Phi) is 6.40. The Hall–Kier alpha value is -2.55. The molecule has 1 heterocycles. The van der Waals surface area contributed by atoms with Crippen LogP contribution in [0.3, 0.4) is 0 Å². The monoisotopic (exact) mass is 466 g/mol. The van der Waals surface area contributed by atoms with Crippen LogP contribution in [0.5, 0.6) is 0 Å². The largest absolute Gasteiger partial charge is 0.323 e. The Morgan fingerprint density at radius 2 is 1.73 bits per heavy atom. The van der Waals surface area contributed by atoms with Gasteiger partial charge in [-0.3, -0.25) is 14.2 Å². The number of hydrogen-bond donors (Lipinski definition) is 2. The summed E-state index contributed by atoms with van der Waals surface area (Å²) in [6, 6.07) is 11.6. The van der Waals surface area contributed by atoms with Crippen LogP contribution in [-0.4, -0.2) is 24.1 Å². The van der Waals surface area contributed by atoms with Crippen molar-refractivity contribution in [3.8, 4) is 0 Å². The van der Waals surface area contributed by atoms with E-state index in [1.807, 2.05) is 19.9 Å². The molecule has 0 aliphatic carbocycles. The number of aromatic nitrogens is 2. The zero-order chi connectivity index (χ0) is 22.1. The molecule has 0 saturated heterocycles. The second-order valence-electron chi connectivity index (χ2n) is 6.79. The molecule has 1 aromatic heterocycles. The summed E-state index contributed by atoms with van der Waals surface area (Å²) >= 11 is 12.1. The molecule has 0 aliphatic rings. The average molecular weight is 467 g/mol. The van der Waals surface area contributed by atoms with E-state index < -0.39 is 16.1 Å². The van der Waals surface area contributed by atoms with Gasteiger partial charge in [-0.25, -0.2) is 8.42 Å². The van der Waals surface area contributed by atoms with E-state index in [1.54, 1.807) is 11.6 Å². The van der Waals surface area contributed by atoms with Crippen LogP contribution in [0.1, 0.15) is 24.4 Å². The SMILES string of the molecule is Cc1cc(C)n(C(C)C(=O)Nc2ccc(NS(=O)(=O)c3ccc(Cl)cc3)cc2Cl)n1. The van der Waals surface area contributed by atoms with Crippen molar-refractivity contribution in [3.63, 3.8) is 0 Å². The van der Waals surface area contributed by atoms with Gasteiger partial charge in [0.25, 0.3) is 10.0 Å². The van der Waals surface area contributed by atoms with Gasteiger partial charge in [-0.05, 0) is 69.3 Å². The van der Waals surface area contributed by atoms with Gasteiger partial charge in [-0.15, -0.1) is 0 Å². The van der Waals surface area contributed by atoms with Gasteiger partial charge < -0.3 is 5.32 Å². The molecule has 1 unspecified atom stereocenters. The number of nitrogens with zero attached hydrogens (tertiary/aromatic N) is 2. The van der Waals surface area contributed by atoms with E-state index in [0.29, 0.717) is 10.7 Å². The van der Waals surface area contributed by atoms with E-state index in [-0.39, 0.29) is 21.5 Å². The Morgan fingerprint density at radius 3 is 2.30 bits per heavy atom. The lowest BCUT2D eigenvalue weighted by molar-refractivity contribution is -0.119. The molecule has 3 aromatic rings. The van der Waals surface area contributed by atoms with Gasteiger partial charge in [0.2, 0.25) is 5.91 Å². The fraction of sp³-hybridized carbons (Fsp3) is 0.200. The highest BCUT2D eigenvalue weighted by Crippen LogP contribution is 2.28. The smallest absolute Gasteiger partial charge is 0.261 e. The van der Waals surface area contributed by atoms with Crippen molar-refractivity contribution in [2.45, 2.75) is 31.7 Å². The number of hydrogen-bond acceptors (Lipinski definition) is 4. The zero-order valence-electron chi connectivity index (χ0n) is 16.5. The van der Waals surface area contributed by atoms with Crippen molar-refractivity contribution in [1.82, 2.24) is 9.78 Å². The Balaban J connectivity index is 1.74. The topological polar surface area (TPSA) is 93.1 Å². The summed E-state index contributed by atoms with van der Waals surface area (Å²) in [6.45, 7) is 5.46. The molecule has 0 radical (unpaired) electrons. The van der Waals surface area contributed by atoms with Gasteiger partial charge in [-0.1, -0.05) is 23.2 Å². The van der Waals surface area contributed by atoms with Gasteiger partial charge in [0.1, 0.15) is 6.04 Å². The number of benzene rings is 2. The molecule has 0 aliphatic heterocycles. The van der Waals surface area contributed by atoms with Crippen LogP contribution >= 0.6 is 23.2 Å². The molecule has 0 spiro atoms. The Morgan fingerprint density at radius 1 is 1.07 bits per heavy atom. The minimum Gasteiger partial charge on any atom is -0.323 e. The van der Waals surface area contributed by atoms with Crippen LogP contribution in [0.4, 0.5) is 11.4 Å². The molecule has 0 fully saturated rings.